The number of rotatable bonds is 6. The van der Waals surface area contributed by atoms with Crippen molar-refractivity contribution in [2.75, 3.05) is 33.3 Å². The van der Waals surface area contributed by atoms with Gasteiger partial charge in [-0.2, -0.15) is 0 Å². The Kier molecular flexibility index (Phi) is 8.29. The second-order valence-electron chi connectivity index (χ2n) is 10.5. The standard InChI is InChI=1S/C22H36B3F2N5O/c1-12-17(26)20(28-11-22(23,24)25)31-21(29-12)30-15-10-14-6-9-33-19(14)16(18(15)27)13-4-3-7-32(2)8-5-13/h5,12,14-21,28-31H,3-4,6-11H2,1-2H3. The Morgan fingerprint density at radius 3 is 2.79 bits per heavy atom. The Balaban J connectivity index is 1.45. The molecule has 0 bridgehead atoms. The van der Waals surface area contributed by atoms with Gasteiger partial charge >= 0.3 is 0 Å². The van der Waals surface area contributed by atoms with Crippen molar-refractivity contribution in [2.24, 2.45) is 11.8 Å². The maximum atomic E-state index is 16.1. The smallest absolute Gasteiger partial charge is 0.143 e. The fraction of sp³-hybridized carbons (Fsp3) is 0.909. The molecule has 9 atom stereocenters. The van der Waals surface area contributed by atoms with E-state index in [1.54, 1.807) is 6.92 Å². The number of alkyl halides is 2. The zero-order chi connectivity index (χ0) is 23.8. The number of halogens is 2. The first-order valence-electron chi connectivity index (χ1n) is 12.3. The zero-order valence-corrected chi connectivity index (χ0v) is 19.8. The first-order valence-corrected chi connectivity index (χ1v) is 12.3. The molecule has 0 aromatic heterocycles. The summed E-state index contributed by atoms with van der Waals surface area (Å²) in [5, 5.41) is 11.2. The summed E-state index contributed by atoms with van der Waals surface area (Å²) in [6, 6.07) is -0.824. The predicted molar refractivity (Wildman–Crippen MR) is 129 cm³/mol. The van der Waals surface area contributed by atoms with Crippen LogP contribution in [0.3, 0.4) is 0 Å². The molecule has 6 radical (unpaired) electrons. The summed E-state index contributed by atoms with van der Waals surface area (Å²) in [7, 11) is 19.0. The van der Waals surface area contributed by atoms with Crippen LogP contribution in [0.5, 0.6) is 0 Å². The molecule has 33 heavy (non-hydrogen) atoms. The average molecular weight is 457 g/mol. The molecule has 6 nitrogen and oxygen atoms in total. The number of hydrogen-bond donors (Lipinski definition) is 4. The fourth-order valence-corrected chi connectivity index (χ4v) is 5.82. The van der Waals surface area contributed by atoms with Crippen LogP contribution < -0.4 is 21.3 Å². The van der Waals surface area contributed by atoms with Gasteiger partial charge in [0.15, 0.2) is 0 Å². The molecule has 4 N–H and O–H groups in total. The molecule has 3 heterocycles. The van der Waals surface area contributed by atoms with E-state index in [1.807, 2.05) is 0 Å². The normalized spacial score (nSPS) is 43.0. The van der Waals surface area contributed by atoms with E-state index in [9.17, 15) is 4.39 Å². The van der Waals surface area contributed by atoms with E-state index < -0.39 is 36.0 Å². The first-order chi connectivity index (χ1) is 15.6. The summed E-state index contributed by atoms with van der Waals surface area (Å²) in [6.45, 7) is 4.34. The van der Waals surface area contributed by atoms with Gasteiger partial charge in [0.25, 0.3) is 0 Å². The van der Waals surface area contributed by atoms with Gasteiger partial charge in [-0.15, -0.1) is 5.11 Å². The molecule has 0 amide bonds. The highest BCUT2D eigenvalue weighted by molar-refractivity contribution is 6.59. The molecule has 2 saturated heterocycles. The lowest BCUT2D eigenvalue weighted by Gasteiger charge is -2.46. The van der Waals surface area contributed by atoms with Gasteiger partial charge in [0.05, 0.1) is 35.8 Å². The molecule has 9 unspecified atom stereocenters. The Morgan fingerprint density at radius 1 is 1.24 bits per heavy atom. The van der Waals surface area contributed by atoms with Gasteiger partial charge in [0.1, 0.15) is 18.6 Å². The number of hydrogen-bond acceptors (Lipinski definition) is 6. The molecule has 0 spiro atoms. The monoisotopic (exact) mass is 457 g/mol. The van der Waals surface area contributed by atoms with Gasteiger partial charge < -0.3 is 15.0 Å². The van der Waals surface area contributed by atoms with Crippen LogP contribution >= 0.6 is 0 Å². The molecular weight excluding hydrogens is 421 g/mol. The molecule has 178 valence electrons. The SMILES string of the molecule is [B]C([B])([B])CNC1NC(NC2CC3CCOC3C(C3=CCN(C)CCC3)C2F)NC(C)C1F. The van der Waals surface area contributed by atoms with Crippen molar-refractivity contribution >= 4 is 23.5 Å². The number of ether oxygens (including phenoxy) is 1. The van der Waals surface area contributed by atoms with Crippen LogP contribution in [0.15, 0.2) is 11.6 Å². The van der Waals surface area contributed by atoms with Gasteiger partial charge in [-0.25, -0.2) is 8.78 Å². The van der Waals surface area contributed by atoms with E-state index in [1.165, 1.54) is 5.57 Å². The molecule has 4 rings (SSSR count). The van der Waals surface area contributed by atoms with Crippen LogP contribution in [0.1, 0.15) is 32.6 Å². The molecule has 11 heteroatoms. The topological polar surface area (TPSA) is 60.6 Å². The van der Waals surface area contributed by atoms with Gasteiger partial charge in [-0.1, -0.05) is 11.6 Å². The van der Waals surface area contributed by atoms with Crippen molar-refractivity contribution in [1.82, 2.24) is 26.2 Å². The minimum Gasteiger partial charge on any atom is -0.377 e. The summed E-state index contributed by atoms with van der Waals surface area (Å²) in [5.74, 6) is 0.0732. The molecule has 0 aromatic rings. The Hall–Kier alpha value is -0.445. The Labute approximate surface area is 201 Å². The highest BCUT2D eigenvalue weighted by atomic mass is 19.1. The maximum Gasteiger partial charge on any atom is 0.143 e. The van der Waals surface area contributed by atoms with E-state index >= 15 is 4.39 Å². The zero-order valence-electron chi connectivity index (χ0n) is 19.8. The highest BCUT2D eigenvalue weighted by Crippen LogP contribution is 2.44. The predicted octanol–water partition coefficient (Wildman–Crippen LogP) is 0.0576. The summed E-state index contributed by atoms with van der Waals surface area (Å²) in [6.07, 6.45) is 2.22. The van der Waals surface area contributed by atoms with Crippen LogP contribution in [0, 0.1) is 11.8 Å². The molecule has 1 aliphatic carbocycles. The third kappa shape index (κ3) is 6.22. The van der Waals surface area contributed by atoms with Crippen molar-refractivity contribution in [1.29, 1.82) is 0 Å². The summed E-state index contributed by atoms with van der Waals surface area (Å²) >= 11 is 0. The number of nitrogens with zero attached hydrogens (tertiary/aromatic N) is 1. The second-order valence-corrected chi connectivity index (χ2v) is 10.5. The number of nitrogens with one attached hydrogen (secondary N) is 4. The molecule has 4 aliphatic rings. The largest absolute Gasteiger partial charge is 0.377 e. The maximum absolute atomic E-state index is 16.1. The molecule has 1 saturated carbocycles. The lowest BCUT2D eigenvalue weighted by molar-refractivity contribution is -0.0283. The summed E-state index contributed by atoms with van der Waals surface area (Å²) in [5.41, 5.74) is 1.18. The highest BCUT2D eigenvalue weighted by Gasteiger charge is 2.50. The van der Waals surface area contributed by atoms with E-state index in [-0.39, 0.29) is 24.6 Å². The van der Waals surface area contributed by atoms with Crippen molar-refractivity contribution in [3.8, 4) is 0 Å². The van der Waals surface area contributed by atoms with Crippen LogP contribution in [-0.2, 0) is 4.74 Å². The van der Waals surface area contributed by atoms with E-state index in [0.717, 1.165) is 32.4 Å². The number of likely N-dealkylation sites (N-methyl/N-ethyl adjacent to an activating group) is 1. The van der Waals surface area contributed by atoms with Crippen LogP contribution in [0.25, 0.3) is 0 Å². The molecular formula is C22H36B3F2N5O. The third-order valence-electron chi connectivity index (χ3n) is 7.58. The lowest BCUT2D eigenvalue weighted by atomic mass is 9.43. The van der Waals surface area contributed by atoms with Gasteiger partial charge in [-0.05, 0) is 58.7 Å². The Bertz CT molecular complexity index is 699. The van der Waals surface area contributed by atoms with E-state index in [0.29, 0.717) is 18.9 Å². The fourth-order valence-electron chi connectivity index (χ4n) is 5.82. The molecule has 3 aliphatic heterocycles. The minimum atomic E-state index is -1.45. The minimum absolute atomic E-state index is 0.0332. The second kappa shape index (κ2) is 10.7. The van der Waals surface area contributed by atoms with Crippen molar-refractivity contribution in [3.05, 3.63) is 11.6 Å². The van der Waals surface area contributed by atoms with Gasteiger partial charge in [0.2, 0.25) is 0 Å². The average Bonchev–Trinajstić information content (AvgIpc) is 3.09. The third-order valence-corrected chi connectivity index (χ3v) is 7.58. The van der Waals surface area contributed by atoms with Crippen molar-refractivity contribution in [3.63, 3.8) is 0 Å². The van der Waals surface area contributed by atoms with E-state index in [4.69, 9.17) is 28.3 Å². The van der Waals surface area contributed by atoms with Gasteiger partial charge in [-0.3, -0.25) is 16.0 Å². The van der Waals surface area contributed by atoms with Crippen molar-refractivity contribution in [2.45, 2.75) is 80.7 Å². The molecule has 3 fully saturated rings. The Morgan fingerprint density at radius 2 is 2.03 bits per heavy atom. The van der Waals surface area contributed by atoms with Crippen LogP contribution in [0.2, 0.25) is 5.11 Å². The number of fused-ring (bicyclic) bond motifs is 1. The quantitative estimate of drug-likeness (QED) is 0.335. The van der Waals surface area contributed by atoms with Crippen LogP contribution in [0.4, 0.5) is 8.78 Å². The first kappa shape index (κ1) is 25.6. The van der Waals surface area contributed by atoms with Crippen molar-refractivity contribution < 1.29 is 13.5 Å². The molecule has 0 aromatic carbocycles. The summed E-state index contributed by atoms with van der Waals surface area (Å²) < 4.78 is 36.9. The van der Waals surface area contributed by atoms with E-state index in [2.05, 4.69) is 39.3 Å². The van der Waals surface area contributed by atoms with Crippen LogP contribution in [-0.4, -0.2) is 105 Å². The van der Waals surface area contributed by atoms with Gasteiger partial charge in [0, 0.05) is 31.2 Å². The lowest BCUT2D eigenvalue weighted by Crippen LogP contribution is -2.74. The summed E-state index contributed by atoms with van der Waals surface area (Å²) in [4.78, 5) is 2.27.